The zero-order valence-electron chi connectivity index (χ0n) is 52.3. The number of allylic oxidation sites excluding steroid dienone is 13. The van der Waals surface area contributed by atoms with Crippen molar-refractivity contribution in [2.75, 3.05) is 40.9 Å². The Bertz CT molecular complexity index is 1630. The third-order valence-corrected chi connectivity index (χ3v) is 15.3. The molecule has 0 aromatic heterocycles. The zero-order valence-corrected chi connectivity index (χ0v) is 53.2. The van der Waals surface area contributed by atoms with Crippen LogP contribution in [0.1, 0.15) is 290 Å². The summed E-state index contributed by atoms with van der Waals surface area (Å²) < 4.78 is 30.3. The lowest BCUT2D eigenvalue weighted by Crippen LogP contribution is -2.47. The van der Waals surface area contributed by atoms with Crippen molar-refractivity contribution in [1.29, 1.82) is 0 Å². The van der Waals surface area contributed by atoms with Gasteiger partial charge in [0.15, 0.2) is 0 Å². The minimum atomic E-state index is -4.71. The van der Waals surface area contributed by atoms with Crippen LogP contribution < -0.4 is 10.2 Å². The first-order valence-electron chi connectivity index (χ1n) is 32.9. The quantitative estimate of drug-likeness (QED) is 0.0212. The van der Waals surface area contributed by atoms with Crippen molar-refractivity contribution < 1.29 is 37.3 Å². The largest absolute Gasteiger partial charge is 0.756 e. The van der Waals surface area contributed by atoms with Gasteiger partial charge in [0.2, 0.25) is 5.91 Å². The van der Waals surface area contributed by atoms with Crippen LogP contribution in [0.25, 0.3) is 0 Å². The molecule has 1 amide bonds. The Balaban J connectivity index is 5.15. The number of esters is 1. The van der Waals surface area contributed by atoms with Gasteiger partial charge in [-0.25, -0.2) is 0 Å². The topological polar surface area (TPSA) is 114 Å². The molecule has 79 heavy (non-hydrogen) atoms. The number of rotatable bonds is 59. The van der Waals surface area contributed by atoms with Gasteiger partial charge < -0.3 is 28.5 Å². The lowest BCUT2D eigenvalue weighted by molar-refractivity contribution is -0.870. The highest BCUT2D eigenvalue weighted by molar-refractivity contribution is 7.45. The number of hydrogen-bond acceptors (Lipinski definition) is 7. The van der Waals surface area contributed by atoms with Gasteiger partial charge in [-0.05, 0) is 83.1 Å². The summed E-state index contributed by atoms with van der Waals surface area (Å²) in [6.45, 7) is 6.73. The van der Waals surface area contributed by atoms with Gasteiger partial charge in [-0.15, -0.1) is 0 Å². The highest BCUT2D eigenvalue weighted by Gasteiger charge is 2.27. The molecule has 0 saturated carbocycles. The van der Waals surface area contributed by atoms with Crippen molar-refractivity contribution in [2.24, 2.45) is 0 Å². The molecule has 0 aliphatic heterocycles. The van der Waals surface area contributed by atoms with Crippen molar-refractivity contribution >= 4 is 19.7 Å². The molecule has 0 aromatic carbocycles. The number of hydrogen-bond donors (Lipinski definition) is 1. The summed E-state index contributed by atoms with van der Waals surface area (Å²) in [6.07, 6.45) is 76.9. The first kappa shape index (κ1) is 76.2. The summed E-state index contributed by atoms with van der Waals surface area (Å²) in [7, 11) is 1.17. The lowest BCUT2D eigenvalue weighted by atomic mass is 10.0. The number of likely N-dealkylation sites (N-methyl/N-ethyl adjacent to an activating group) is 1. The molecular formula is C69H125N2O7P. The number of carbonyl (C=O) groups excluding carboxylic acids is 2. The van der Waals surface area contributed by atoms with Crippen LogP contribution in [0.15, 0.2) is 85.1 Å². The number of ether oxygens (including phenoxy) is 1. The Labute approximate surface area is 488 Å². The van der Waals surface area contributed by atoms with Crippen LogP contribution in [0.3, 0.4) is 0 Å². The molecule has 0 bridgehead atoms. The summed E-state index contributed by atoms with van der Waals surface area (Å²) in [5.41, 5.74) is 0. The van der Waals surface area contributed by atoms with Gasteiger partial charge in [0.25, 0.3) is 7.82 Å². The van der Waals surface area contributed by atoms with E-state index in [0.29, 0.717) is 17.4 Å². The van der Waals surface area contributed by atoms with E-state index in [4.69, 9.17) is 13.8 Å². The predicted octanol–water partition coefficient (Wildman–Crippen LogP) is 19.9. The van der Waals surface area contributed by atoms with Gasteiger partial charge in [0.05, 0.1) is 33.8 Å². The number of carbonyl (C=O) groups is 2. The Morgan fingerprint density at radius 2 is 0.810 bits per heavy atom. The first-order valence-corrected chi connectivity index (χ1v) is 34.4. The number of phosphoric ester groups is 1. The van der Waals surface area contributed by atoms with E-state index in [1.165, 1.54) is 135 Å². The second-order valence-electron chi connectivity index (χ2n) is 23.2. The Morgan fingerprint density at radius 1 is 0.456 bits per heavy atom. The van der Waals surface area contributed by atoms with E-state index in [0.717, 1.165) is 122 Å². The van der Waals surface area contributed by atoms with Crippen molar-refractivity contribution in [3.63, 3.8) is 0 Å². The van der Waals surface area contributed by atoms with Gasteiger partial charge in [-0.3, -0.25) is 14.2 Å². The summed E-state index contributed by atoms with van der Waals surface area (Å²) >= 11 is 0. The van der Waals surface area contributed by atoms with Crippen LogP contribution in [0.2, 0.25) is 0 Å². The number of nitrogens with zero attached hydrogens (tertiary/aromatic N) is 1. The molecule has 3 atom stereocenters. The molecular weight excluding hydrogens is 1000 g/mol. The normalized spacial score (nSPS) is 14.2. The van der Waals surface area contributed by atoms with E-state index in [1.54, 1.807) is 0 Å². The molecule has 0 heterocycles. The van der Waals surface area contributed by atoms with Crippen molar-refractivity contribution in [3.05, 3.63) is 85.1 Å². The Hall–Kier alpha value is -2.81. The predicted molar refractivity (Wildman–Crippen MR) is 339 cm³/mol. The van der Waals surface area contributed by atoms with Crippen LogP contribution in [-0.4, -0.2) is 69.4 Å². The fourth-order valence-corrected chi connectivity index (χ4v) is 10.0. The molecule has 0 aliphatic carbocycles. The van der Waals surface area contributed by atoms with E-state index in [-0.39, 0.29) is 24.9 Å². The molecule has 0 fully saturated rings. The molecule has 458 valence electrons. The summed E-state index contributed by atoms with van der Waals surface area (Å²) in [5.74, 6) is -0.553. The highest BCUT2D eigenvalue weighted by atomic mass is 31.2. The minimum absolute atomic E-state index is 0.0276. The van der Waals surface area contributed by atoms with Gasteiger partial charge in [0, 0.05) is 12.8 Å². The van der Waals surface area contributed by atoms with Gasteiger partial charge in [-0.1, -0.05) is 280 Å². The van der Waals surface area contributed by atoms with E-state index in [9.17, 15) is 19.0 Å². The smallest absolute Gasteiger partial charge is 0.306 e. The third-order valence-electron chi connectivity index (χ3n) is 14.3. The first-order chi connectivity index (χ1) is 38.4. The molecule has 0 rings (SSSR count). The standard InChI is InChI=1S/C69H125N2O7P/c1-7-10-13-16-19-22-25-27-29-31-32-33-34-35-36-37-38-40-41-43-46-49-52-55-58-61-68(72)70-66(65-77-79(74,75)76-64-63-71(4,5)6)67(60-57-54-51-48-45-24-21-18-15-12-9-3)78-69(73)62-59-56-53-50-47-44-42-39-30-28-26-23-20-17-14-11-8-2/h10,13,19,22,27,29,32-33,35-36,38,40,57,60,66-67H,7-9,11-12,14-18,20-21,23-26,28,30-31,34,37,39,41-56,58-59,61-65H2,1-6H3,(H-,70,72,74,75)/b13-10-,22-19-,29-27-,33-32-,36-35-,40-38-,60-57-. The summed E-state index contributed by atoms with van der Waals surface area (Å²) in [4.78, 5) is 40.0. The van der Waals surface area contributed by atoms with E-state index in [2.05, 4.69) is 99.0 Å². The van der Waals surface area contributed by atoms with Gasteiger partial charge in [0.1, 0.15) is 19.3 Å². The monoisotopic (exact) mass is 1120 g/mol. The lowest BCUT2D eigenvalue weighted by Gasteiger charge is -2.30. The van der Waals surface area contributed by atoms with Crippen LogP contribution in [0, 0.1) is 0 Å². The fraction of sp³-hybridized carbons (Fsp3) is 0.768. The van der Waals surface area contributed by atoms with E-state index >= 15 is 0 Å². The number of nitrogens with one attached hydrogen (secondary N) is 1. The number of unbranched alkanes of at least 4 members (excludes halogenated alkanes) is 31. The summed E-state index contributed by atoms with van der Waals surface area (Å²) in [6, 6.07) is -0.898. The van der Waals surface area contributed by atoms with Crippen LogP contribution in [0.4, 0.5) is 0 Å². The maximum atomic E-state index is 13.6. The molecule has 0 aliphatic rings. The molecule has 0 spiro atoms. The molecule has 1 N–H and O–H groups in total. The third kappa shape index (κ3) is 59.6. The molecule has 0 aromatic rings. The summed E-state index contributed by atoms with van der Waals surface area (Å²) in [5, 5.41) is 3.03. The molecule has 9 nitrogen and oxygen atoms in total. The fourth-order valence-electron chi connectivity index (χ4n) is 9.29. The average molecular weight is 1130 g/mol. The number of quaternary nitrogens is 1. The maximum Gasteiger partial charge on any atom is 0.306 e. The SMILES string of the molecule is CC/C=C\C/C=C\C/C=C\C/C=C\C/C=C\C/C=C\CCCCCCCCC(=O)NC(COP(=O)([O-])OCC[N+](C)(C)C)C(/C=C\CCCCCCCCCCC)OC(=O)CCCCCCCCCCCCCCCCCCC. The van der Waals surface area contributed by atoms with Crippen LogP contribution >= 0.6 is 7.82 Å². The second kappa shape index (κ2) is 58.4. The number of amides is 1. The van der Waals surface area contributed by atoms with E-state index in [1.807, 2.05) is 33.3 Å². The second-order valence-corrected chi connectivity index (χ2v) is 24.7. The minimum Gasteiger partial charge on any atom is -0.756 e. The van der Waals surface area contributed by atoms with E-state index < -0.39 is 26.6 Å². The van der Waals surface area contributed by atoms with Gasteiger partial charge >= 0.3 is 5.97 Å². The van der Waals surface area contributed by atoms with Gasteiger partial charge in [-0.2, -0.15) is 0 Å². The highest BCUT2D eigenvalue weighted by Crippen LogP contribution is 2.38. The van der Waals surface area contributed by atoms with Crippen LogP contribution in [0.5, 0.6) is 0 Å². The maximum absolute atomic E-state index is 13.6. The molecule has 3 unspecified atom stereocenters. The van der Waals surface area contributed by atoms with Crippen molar-refractivity contribution in [2.45, 2.75) is 303 Å². The average Bonchev–Trinajstić information content (AvgIpc) is 3.41. The molecule has 0 radical (unpaired) electrons. The zero-order chi connectivity index (χ0) is 57.9. The van der Waals surface area contributed by atoms with Crippen molar-refractivity contribution in [1.82, 2.24) is 5.32 Å². The Kier molecular flexibility index (Phi) is 56.3. The molecule has 10 heteroatoms. The Morgan fingerprint density at radius 3 is 1.22 bits per heavy atom. The van der Waals surface area contributed by atoms with Crippen molar-refractivity contribution in [3.8, 4) is 0 Å². The molecule has 0 saturated heterocycles. The number of phosphoric acid groups is 1. The van der Waals surface area contributed by atoms with Crippen LogP contribution in [-0.2, 0) is 27.9 Å².